The van der Waals surface area contributed by atoms with Gasteiger partial charge < -0.3 is 14.6 Å². The summed E-state index contributed by atoms with van der Waals surface area (Å²) in [6, 6.07) is 18.2. The van der Waals surface area contributed by atoms with Crippen molar-refractivity contribution in [3.8, 4) is 5.75 Å². The lowest BCUT2D eigenvalue weighted by atomic mass is 10.1. The zero-order valence-corrected chi connectivity index (χ0v) is 14.7. The first-order valence-corrected chi connectivity index (χ1v) is 8.28. The van der Waals surface area contributed by atoms with Crippen LogP contribution in [0.25, 0.3) is 0 Å². The van der Waals surface area contributed by atoms with E-state index < -0.39 is 5.91 Å². The molecule has 0 radical (unpaired) electrons. The van der Waals surface area contributed by atoms with Crippen LogP contribution in [-0.4, -0.2) is 17.6 Å². The maximum Gasteiger partial charge on any atom is 0.263 e. The lowest BCUT2D eigenvalue weighted by Gasteiger charge is -2.11. The number of anilines is 1. The van der Waals surface area contributed by atoms with Gasteiger partial charge in [-0.25, -0.2) is 0 Å². The number of pyridine rings is 1. The summed E-state index contributed by atoms with van der Waals surface area (Å²) in [7, 11) is 1.53. The monoisotopic (exact) mass is 348 g/mol. The van der Waals surface area contributed by atoms with E-state index in [4.69, 9.17) is 4.74 Å². The smallest absolute Gasteiger partial charge is 0.263 e. The molecule has 0 atom stereocenters. The second-order valence-corrected chi connectivity index (χ2v) is 6.00. The van der Waals surface area contributed by atoms with E-state index in [1.807, 2.05) is 37.3 Å². The number of aromatic nitrogens is 1. The van der Waals surface area contributed by atoms with Gasteiger partial charge in [0.2, 0.25) is 0 Å². The third-order valence-electron chi connectivity index (χ3n) is 4.06. The first-order valence-electron chi connectivity index (χ1n) is 8.28. The van der Waals surface area contributed by atoms with Crippen LogP contribution in [0.15, 0.2) is 71.7 Å². The summed E-state index contributed by atoms with van der Waals surface area (Å²) in [5.74, 6) is 0.0787. The third kappa shape index (κ3) is 3.83. The van der Waals surface area contributed by atoms with Crippen LogP contribution in [0.1, 0.15) is 21.5 Å². The molecule has 0 bridgehead atoms. The number of rotatable bonds is 5. The Balaban J connectivity index is 1.87. The van der Waals surface area contributed by atoms with Crippen molar-refractivity contribution < 1.29 is 9.53 Å². The van der Waals surface area contributed by atoms with Gasteiger partial charge in [-0.05, 0) is 36.8 Å². The van der Waals surface area contributed by atoms with E-state index in [0.29, 0.717) is 18.0 Å². The van der Waals surface area contributed by atoms with Gasteiger partial charge in [0.15, 0.2) is 0 Å². The zero-order chi connectivity index (χ0) is 18.5. The van der Waals surface area contributed by atoms with Crippen molar-refractivity contribution in [2.75, 3.05) is 12.4 Å². The Morgan fingerprint density at radius 3 is 2.65 bits per heavy atom. The molecule has 3 rings (SSSR count). The summed E-state index contributed by atoms with van der Waals surface area (Å²) >= 11 is 0. The minimum Gasteiger partial charge on any atom is -0.495 e. The predicted molar refractivity (Wildman–Crippen MR) is 102 cm³/mol. The Morgan fingerprint density at radius 1 is 1.08 bits per heavy atom. The average molecular weight is 348 g/mol. The number of carbonyl (C=O) groups is 1. The Hall–Kier alpha value is -3.34. The lowest BCUT2D eigenvalue weighted by molar-refractivity contribution is 0.102. The molecule has 0 fully saturated rings. The maximum absolute atomic E-state index is 12.7. The standard InChI is InChI=1S/C21H20N2O3/c1-15-7-5-8-16(13-15)14-23-12-6-9-17(21(23)25)20(24)22-18-10-3-4-11-19(18)26-2/h3-13H,14H2,1-2H3,(H,22,24). The molecular weight excluding hydrogens is 328 g/mol. The van der Waals surface area contributed by atoms with Crippen LogP contribution in [0.3, 0.4) is 0 Å². The van der Waals surface area contributed by atoms with Crippen molar-refractivity contribution in [2.24, 2.45) is 0 Å². The number of ether oxygens (including phenoxy) is 1. The van der Waals surface area contributed by atoms with Crippen molar-refractivity contribution >= 4 is 11.6 Å². The molecule has 0 aliphatic carbocycles. The topological polar surface area (TPSA) is 60.3 Å². The average Bonchev–Trinajstić information content (AvgIpc) is 2.64. The van der Waals surface area contributed by atoms with E-state index in [-0.39, 0.29) is 11.1 Å². The number of aryl methyl sites for hydroxylation is 1. The van der Waals surface area contributed by atoms with E-state index in [0.717, 1.165) is 11.1 Å². The molecule has 1 amide bonds. The molecule has 1 N–H and O–H groups in total. The highest BCUT2D eigenvalue weighted by Gasteiger charge is 2.14. The number of hydrogen-bond acceptors (Lipinski definition) is 3. The highest BCUT2D eigenvalue weighted by atomic mass is 16.5. The van der Waals surface area contributed by atoms with Crippen molar-refractivity contribution in [3.05, 3.63) is 93.9 Å². The summed E-state index contributed by atoms with van der Waals surface area (Å²) in [6.07, 6.45) is 1.69. The first kappa shape index (κ1) is 17.5. The van der Waals surface area contributed by atoms with E-state index in [1.54, 1.807) is 30.5 Å². The zero-order valence-electron chi connectivity index (χ0n) is 14.7. The molecular formula is C21H20N2O3. The lowest BCUT2D eigenvalue weighted by Crippen LogP contribution is -2.29. The minimum atomic E-state index is -0.460. The Bertz CT molecular complexity index is 992. The third-order valence-corrected chi connectivity index (χ3v) is 4.06. The van der Waals surface area contributed by atoms with Gasteiger partial charge in [-0.15, -0.1) is 0 Å². The van der Waals surface area contributed by atoms with Crippen molar-refractivity contribution in [1.29, 1.82) is 0 Å². The molecule has 132 valence electrons. The molecule has 2 aromatic carbocycles. The molecule has 5 heteroatoms. The van der Waals surface area contributed by atoms with Gasteiger partial charge in [-0.1, -0.05) is 42.0 Å². The van der Waals surface area contributed by atoms with Crippen LogP contribution in [0.4, 0.5) is 5.69 Å². The molecule has 0 saturated carbocycles. The summed E-state index contributed by atoms with van der Waals surface area (Å²) in [5, 5.41) is 2.74. The Labute approximate surface area is 151 Å². The highest BCUT2D eigenvalue weighted by molar-refractivity contribution is 6.04. The normalized spacial score (nSPS) is 10.4. The SMILES string of the molecule is COc1ccccc1NC(=O)c1cccn(Cc2cccc(C)c2)c1=O. The summed E-state index contributed by atoms with van der Waals surface area (Å²) in [6.45, 7) is 2.42. The number of carbonyl (C=O) groups excluding carboxylic acids is 1. The number of methoxy groups -OCH3 is 1. The molecule has 0 saturated heterocycles. The van der Waals surface area contributed by atoms with Crippen LogP contribution >= 0.6 is 0 Å². The fourth-order valence-electron chi connectivity index (χ4n) is 2.78. The van der Waals surface area contributed by atoms with Gasteiger partial charge in [0, 0.05) is 6.20 Å². The number of hydrogen-bond donors (Lipinski definition) is 1. The van der Waals surface area contributed by atoms with Gasteiger partial charge in [0.25, 0.3) is 11.5 Å². The van der Waals surface area contributed by atoms with Crippen LogP contribution in [0.2, 0.25) is 0 Å². The largest absolute Gasteiger partial charge is 0.495 e. The fourth-order valence-corrected chi connectivity index (χ4v) is 2.78. The minimum absolute atomic E-state index is 0.0889. The Kier molecular flexibility index (Phi) is 5.17. The quantitative estimate of drug-likeness (QED) is 0.768. The molecule has 5 nitrogen and oxygen atoms in total. The van der Waals surface area contributed by atoms with Crippen molar-refractivity contribution in [2.45, 2.75) is 13.5 Å². The molecule has 0 aliphatic rings. The number of para-hydroxylation sites is 2. The van der Waals surface area contributed by atoms with Gasteiger partial charge in [-0.3, -0.25) is 9.59 Å². The van der Waals surface area contributed by atoms with E-state index in [1.165, 1.54) is 17.7 Å². The van der Waals surface area contributed by atoms with Gasteiger partial charge in [0.1, 0.15) is 11.3 Å². The second-order valence-electron chi connectivity index (χ2n) is 6.00. The summed E-state index contributed by atoms with van der Waals surface area (Å²) < 4.78 is 6.76. The fraction of sp³-hybridized carbons (Fsp3) is 0.143. The molecule has 0 unspecified atom stereocenters. The Morgan fingerprint density at radius 2 is 1.88 bits per heavy atom. The first-order chi connectivity index (χ1) is 12.6. The number of amides is 1. The predicted octanol–water partition coefficient (Wildman–Crippen LogP) is 3.47. The highest BCUT2D eigenvalue weighted by Crippen LogP contribution is 2.23. The van der Waals surface area contributed by atoms with Gasteiger partial charge in [-0.2, -0.15) is 0 Å². The number of nitrogens with one attached hydrogen (secondary N) is 1. The molecule has 3 aromatic rings. The molecule has 1 heterocycles. The summed E-state index contributed by atoms with van der Waals surface area (Å²) in [5.41, 5.74) is 2.41. The number of nitrogens with zero attached hydrogens (tertiary/aromatic N) is 1. The van der Waals surface area contributed by atoms with Crippen molar-refractivity contribution in [3.63, 3.8) is 0 Å². The van der Waals surface area contributed by atoms with Gasteiger partial charge in [0.05, 0.1) is 19.3 Å². The van der Waals surface area contributed by atoms with Crippen LogP contribution in [0.5, 0.6) is 5.75 Å². The summed E-state index contributed by atoms with van der Waals surface area (Å²) in [4.78, 5) is 25.3. The van der Waals surface area contributed by atoms with E-state index in [2.05, 4.69) is 5.32 Å². The van der Waals surface area contributed by atoms with Crippen LogP contribution < -0.4 is 15.6 Å². The van der Waals surface area contributed by atoms with E-state index >= 15 is 0 Å². The van der Waals surface area contributed by atoms with Crippen molar-refractivity contribution in [1.82, 2.24) is 4.57 Å². The molecule has 1 aromatic heterocycles. The van der Waals surface area contributed by atoms with Gasteiger partial charge >= 0.3 is 0 Å². The van der Waals surface area contributed by atoms with Crippen LogP contribution in [-0.2, 0) is 6.54 Å². The molecule has 0 spiro atoms. The molecule has 26 heavy (non-hydrogen) atoms. The maximum atomic E-state index is 12.7. The van der Waals surface area contributed by atoms with E-state index in [9.17, 15) is 9.59 Å². The number of benzene rings is 2. The molecule has 0 aliphatic heterocycles. The second kappa shape index (κ2) is 7.70. The van der Waals surface area contributed by atoms with Crippen LogP contribution in [0, 0.1) is 6.92 Å².